The Kier molecular flexibility index (Phi) is 4.02. The molecule has 1 saturated heterocycles. The van der Waals surface area contributed by atoms with Gasteiger partial charge in [-0.25, -0.2) is 0 Å². The van der Waals surface area contributed by atoms with Gasteiger partial charge in [0.1, 0.15) is 0 Å². The van der Waals surface area contributed by atoms with Gasteiger partial charge in [0.2, 0.25) is 11.8 Å². The number of hydrogen-bond donors (Lipinski definition) is 0. The van der Waals surface area contributed by atoms with Crippen LogP contribution >= 0.6 is 11.8 Å². The third kappa shape index (κ3) is 3.16. The molecule has 2 aliphatic rings. The van der Waals surface area contributed by atoms with E-state index in [4.69, 9.17) is 4.52 Å². The molecule has 0 atom stereocenters. The predicted octanol–water partition coefficient (Wildman–Crippen LogP) is 3.19. The lowest BCUT2D eigenvalue weighted by molar-refractivity contribution is 0.372. The molecule has 24 heavy (non-hydrogen) atoms. The fourth-order valence-corrected chi connectivity index (χ4v) is 3.74. The van der Waals surface area contributed by atoms with E-state index in [-0.39, 0.29) is 5.41 Å². The molecule has 2 fully saturated rings. The van der Waals surface area contributed by atoms with E-state index in [0.717, 1.165) is 30.0 Å². The first kappa shape index (κ1) is 15.9. The number of hydrogen-bond acceptors (Lipinski definition) is 7. The molecule has 0 N–H and O–H groups in total. The zero-order chi connectivity index (χ0) is 16.7. The Labute approximate surface area is 146 Å². The molecule has 0 radical (unpaired) electrons. The lowest BCUT2D eigenvalue weighted by atomic mass is 9.96. The minimum absolute atomic E-state index is 0.0939. The molecule has 0 bridgehead atoms. The van der Waals surface area contributed by atoms with Crippen molar-refractivity contribution in [1.82, 2.24) is 24.9 Å². The van der Waals surface area contributed by atoms with Crippen LogP contribution in [0.2, 0.25) is 0 Å². The van der Waals surface area contributed by atoms with Crippen LogP contribution in [0.4, 0.5) is 5.95 Å². The highest BCUT2D eigenvalue weighted by Crippen LogP contribution is 2.41. The molecule has 8 heteroatoms. The summed E-state index contributed by atoms with van der Waals surface area (Å²) < 4.78 is 7.70. The van der Waals surface area contributed by atoms with Crippen LogP contribution in [0.3, 0.4) is 0 Å². The molecule has 1 saturated carbocycles. The second-order valence-electron chi connectivity index (χ2n) is 7.63. The molecule has 1 aliphatic carbocycles. The average Bonchev–Trinajstić information content (AvgIpc) is 3.00. The normalized spacial score (nSPS) is 18.5. The van der Waals surface area contributed by atoms with Crippen molar-refractivity contribution in [3.8, 4) is 0 Å². The van der Waals surface area contributed by atoms with Gasteiger partial charge in [0, 0.05) is 24.5 Å². The van der Waals surface area contributed by atoms with Gasteiger partial charge in [0.15, 0.2) is 11.0 Å². The Morgan fingerprint density at radius 2 is 1.92 bits per heavy atom. The summed E-state index contributed by atoms with van der Waals surface area (Å²) in [4.78, 5) is 6.87. The smallest absolute Gasteiger partial charge is 0.237 e. The van der Waals surface area contributed by atoms with Gasteiger partial charge in [0.05, 0.1) is 5.75 Å². The highest BCUT2D eigenvalue weighted by atomic mass is 32.2. The van der Waals surface area contributed by atoms with Crippen molar-refractivity contribution in [1.29, 1.82) is 0 Å². The van der Waals surface area contributed by atoms with Crippen LogP contribution in [0.15, 0.2) is 9.68 Å². The van der Waals surface area contributed by atoms with Crippen molar-refractivity contribution < 1.29 is 4.52 Å². The van der Waals surface area contributed by atoms with Crippen LogP contribution in [-0.2, 0) is 11.2 Å². The van der Waals surface area contributed by atoms with Crippen molar-refractivity contribution in [2.45, 2.75) is 68.8 Å². The molecule has 1 aliphatic heterocycles. The topological polar surface area (TPSA) is 72.9 Å². The van der Waals surface area contributed by atoms with Gasteiger partial charge >= 0.3 is 0 Å². The Morgan fingerprint density at radius 3 is 2.54 bits per heavy atom. The molecule has 0 aromatic carbocycles. The number of anilines is 1. The van der Waals surface area contributed by atoms with E-state index in [2.05, 4.69) is 50.6 Å². The maximum absolute atomic E-state index is 5.39. The molecular formula is C16H24N6OS. The number of aromatic nitrogens is 5. The van der Waals surface area contributed by atoms with E-state index >= 15 is 0 Å². The molecule has 130 valence electrons. The van der Waals surface area contributed by atoms with Crippen molar-refractivity contribution >= 4 is 17.7 Å². The number of rotatable bonds is 5. The third-order valence-corrected chi connectivity index (χ3v) is 5.34. The van der Waals surface area contributed by atoms with E-state index in [1.54, 1.807) is 11.8 Å². The van der Waals surface area contributed by atoms with Crippen molar-refractivity contribution in [3.63, 3.8) is 0 Å². The first-order chi connectivity index (χ1) is 11.5. The van der Waals surface area contributed by atoms with Gasteiger partial charge in [0.25, 0.3) is 0 Å². The van der Waals surface area contributed by atoms with Crippen LogP contribution in [0, 0.1) is 0 Å². The zero-order valence-electron chi connectivity index (χ0n) is 14.5. The summed E-state index contributed by atoms with van der Waals surface area (Å²) in [5, 5.41) is 14.0. The van der Waals surface area contributed by atoms with E-state index in [1.165, 1.54) is 25.7 Å². The first-order valence-electron chi connectivity index (χ1n) is 8.68. The van der Waals surface area contributed by atoms with E-state index in [9.17, 15) is 0 Å². The largest absolute Gasteiger partial charge is 0.341 e. The lowest BCUT2D eigenvalue weighted by Gasteiger charge is -2.17. The fourth-order valence-electron chi connectivity index (χ4n) is 2.90. The van der Waals surface area contributed by atoms with Crippen LogP contribution in [0.1, 0.15) is 64.2 Å². The van der Waals surface area contributed by atoms with Crippen molar-refractivity contribution in [3.05, 3.63) is 11.7 Å². The predicted molar refractivity (Wildman–Crippen MR) is 92.3 cm³/mol. The maximum Gasteiger partial charge on any atom is 0.237 e. The minimum atomic E-state index is -0.0939. The molecule has 7 nitrogen and oxygen atoms in total. The standard InChI is InChI=1S/C16H24N6OS/c1-16(2,3)13-17-12(23-20-13)10-24-15-19-18-14(21-8-4-5-9-21)22(15)11-6-7-11/h11H,4-10H2,1-3H3. The van der Waals surface area contributed by atoms with Crippen LogP contribution in [-0.4, -0.2) is 38.0 Å². The highest BCUT2D eigenvalue weighted by molar-refractivity contribution is 7.98. The highest BCUT2D eigenvalue weighted by Gasteiger charge is 2.32. The number of thioether (sulfide) groups is 1. The van der Waals surface area contributed by atoms with Gasteiger partial charge in [-0.05, 0) is 25.7 Å². The van der Waals surface area contributed by atoms with Crippen LogP contribution in [0.25, 0.3) is 0 Å². The summed E-state index contributed by atoms with van der Waals surface area (Å²) in [7, 11) is 0. The quantitative estimate of drug-likeness (QED) is 0.768. The second-order valence-corrected chi connectivity index (χ2v) is 8.57. The Morgan fingerprint density at radius 1 is 1.17 bits per heavy atom. The summed E-state index contributed by atoms with van der Waals surface area (Å²) in [6.07, 6.45) is 4.94. The Bertz CT molecular complexity index is 708. The number of nitrogens with zero attached hydrogens (tertiary/aromatic N) is 6. The molecule has 0 unspecified atom stereocenters. The Balaban J connectivity index is 1.49. The summed E-state index contributed by atoms with van der Waals surface area (Å²) >= 11 is 1.64. The second kappa shape index (κ2) is 6.06. The van der Waals surface area contributed by atoms with E-state index in [1.807, 2.05) is 0 Å². The van der Waals surface area contributed by atoms with Crippen LogP contribution in [0.5, 0.6) is 0 Å². The first-order valence-corrected chi connectivity index (χ1v) is 9.66. The van der Waals surface area contributed by atoms with Gasteiger partial charge < -0.3 is 9.42 Å². The summed E-state index contributed by atoms with van der Waals surface area (Å²) in [5.74, 6) is 3.07. The van der Waals surface area contributed by atoms with Gasteiger partial charge in [-0.2, -0.15) is 4.98 Å². The molecule has 2 aromatic heterocycles. The van der Waals surface area contributed by atoms with E-state index < -0.39 is 0 Å². The molecule has 0 spiro atoms. The Hall–Kier alpha value is -1.57. The summed E-state index contributed by atoms with van der Waals surface area (Å²) in [6.45, 7) is 8.44. The van der Waals surface area contributed by atoms with Crippen LogP contribution < -0.4 is 4.90 Å². The lowest BCUT2D eigenvalue weighted by Crippen LogP contribution is -2.22. The SMILES string of the molecule is CC(C)(C)c1noc(CSc2nnc(N3CCCC3)n2C2CC2)n1. The van der Waals surface area contributed by atoms with Crippen molar-refractivity contribution in [2.24, 2.45) is 0 Å². The molecular weight excluding hydrogens is 324 g/mol. The summed E-state index contributed by atoms with van der Waals surface area (Å²) in [6, 6.07) is 0.561. The minimum Gasteiger partial charge on any atom is -0.341 e. The molecule has 4 rings (SSSR count). The zero-order valence-corrected chi connectivity index (χ0v) is 15.3. The van der Waals surface area contributed by atoms with Gasteiger partial charge in [-0.3, -0.25) is 4.57 Å². The monoisotopic (exact) mass is 348 g/mol. The molecule has 3 heterocycles. The fraction of sp³-hybridized carbons (Fsp3) is 0.750. The van der Waals surface area contributed by atoms with Gasteiger partial charge in [-0.1, -0.05) is 37.7 Å². The molecule has 2 aromatic rings. The van der Waals surface area contributed by atoms with E-state index in [0.29, 0.717) is 17.7 Å². The third-order valence-electron chi connectivity index (χ3n) is 4.41. The summed E-state index contributed by atoms with van der Waals surface area (Å²) in [5.41, 5.74) is -0.0939. The van der Waals surface area contributed by atoms with Gasteiger partial charge in [-0.15, -0.1) is 10.2 Å². The van der Waals surface area contributed by atoms with Crippen molar-refractivity contribution in [2.75, 3.05) is 18.0 Å². The molecule has 0 amide bonds. The maximum atomic E-state index is 5.39. The average molecular weight is 348 g/mol.